The number of aryl methyl sites for hydroxylation is 1. The van der Waals surface area contributed by atoms with Crippen molar-refractivity contribution in [2.75, 3.05) is 24.5 Å². The number of hydrogen-bond donors (Lipinski definition) is 1. The van der Waals surface area contributed by atoms with Crippen molar-refractivity contribution in [1.29, 1.82) is 0 Å². The number of anilines is 1. The van der Waals surface area contributed by atoms with E-state index in [1.165, 1.54) is 0 Å². The van der Waals surface area contributed by atoms with E-state index in [0.29, 0.717) is 6.54 Å². The smallest absolute Gasteiger partial charge is 0.240 e. The molecule has 0 spiro atoms. The zero-order valence-corrected chi connectivity index (χ0v) is 8.16. The second-order valence-electron chi connectivity index (χ2n) is 3.38. The fourth-order valence-corrected chi connectivity index (χ4v) is 1.63. The van der Waals surface area contributed by atoms with Crippen LogP contribution < -0.4 is 10.2 Å². The lowest BCUT2D eigenvalue weighted by Gasteiger charge is -2.28. The van der Waals surface area contributed by atoms with Crippen LogP contribution in [0.25, 0.3) is 0 Å². The highest BCUT2D eigenvalue weighted by Crippen LogP contribution is 2.18. The molecule has 0 aromatic carbocycles. The summed E-state index contributed by atoms with van der Waals surface area (Å²) < 4.78 is 0. The number of pyridine rings is 1. The molecule has 1 N–H and O–H groups in total. The molecule has 4 nitrogen and oxygen atoms in total. The van der Waals surface area contributed by atoms with Gasteiger partial charge in [0.25, 0.3) is 0 Å². The molecule has 0 saturated carbocycles. The Morgan fingerprint density at radius 2 is 2.43 bits per heavy atom. The summed E-state index contributed by atoms with van der Waals surface area (Å²) in [6.45, 7) is 4.00. The normalized spacial score (nSPS) is 17.2. The van der Waals surface area contributed by atoms with Gasteiger partial charge in [0.2, 0.25) is 5.91 Å². The van der Waals surface area contributed by atoms with Gasteiger partial charge in [0.05, 0.1) is 6.54 Å². The van der Waals surface area contributed by atoms with Gasteiger partial charge in [-0.15, -0.1) is 0 Å². The molecular formula is C10H13N3O. The van der Waals surface area contributed by atoms with Crippen LogP contribution in [0.2, 0.25) is 0 Å². The van der Waals surface area contributed by atoms with E-state index >= 15 is 0 Å². The Morgan fingerprint density at radius 1 is 1.57 bits per heavy atom. The Kier molecular flexibility index (Phi) is 2.45. The second-order valence-corrected chi connectivity index (χ2v) is 3.38. The highest BCUT2D eigenvalue weighted by Gasteiger charge is 2.20. The van der Waals surface area contributed by atoms with E-state index in [1.54, 1.807) is 12.4 Å². The third kappa shape index (κ3) is 1.61. The van der Waals surface area contributed by atoms with Gasteiger partial charge in [-0.2, -0.15) is 0 Å². The number of hydrogen-bond acceptors (Lipinski definition) is 3. The van der Waals surface area contributed by atoms with Crippen molar-refractivity contribution >= 4 is 11.6 Å². The first-order valence-electron chi connectivity index (χ1n) is 4.71. The number of nitrogens with one attached hydrogen (secondary N) is 1. The van der Waals surface area contributed by atoms with E-state index in [-0.39, 0.29) is 5.91 Å². The van der Waals surface area contributed by atoms with Crippen LogP contribution in [0.4, 0.5) is 5.69 Å². The van der Waals surface area contributed by atoms with Crippen molar-refractivity contribution < 1.29 is 4.79 Å². The van der Waals surface area contributed by atoms with Crippen molar-refractivity contribution in [3.63, 3.8) is 0 Å². The summed E-state index contributed by atoms with van der Waals surface area (Å²) in [5.74, 6) is 0.130. The third-order valence-corrected chi connectivity index (χ3v) is 2.37. The molecule has 1 aromatic rings. The molecule has 0 aliphatic carbocycles. The van der Waals surface area contributed by atoms with Crippen LogP contribution in [-0.4, -0.2) is 30.5 Å². The summed E-state index contributed by atoms with van der Waals surface area (Å²) in [4.78, 5) is 17.4. The first kappa shape index (κ1) is 9.15. The molecular weight excluding hydrogens is 178 g/mol. The fraction of sp³-hybridized carbons (Fsp3) is 0.400. The summed E-state index contributed by atoms with van der Waals surface area (Å²) in [6, 6.07) is 1.89. The lowest BCUT2D eigenvalue weighted by molar-refractivity contribution is -0.118. The largest absolute Gasteiger partial charge is 0.310 e. The van der Waals surface area contributed by atoms with Gasteiger partial charge in [0.1, 0.15) is 0 Å². The Bertz CT molecular complexity index is 351. The van der Waals surface area contributed by atoms with E-state index in [0.717, 1.165) is 24.3 Å². The van der Waals surface area contributed by atoms with Crippen molar-refractivity contribution in [2.24, 2.45) is 0 Å². The molecule has 0 atom stereocenters. The van der Waals surface area contributed by atoms with Gasteiger partial charge in [0, 0.05) is 31.2 Å². The summed E-state index contributed by atoms with van der Waals surface area (Å²) in [6.07, 6.45) is 3.50. The molecule has 1 aliphatic heterocycles. The highest BCUT2D eigenvalue weighted by atomic mass is 16.2. The van der Waals surface area contributed by atoms with Crippen molar-refractivity contribution in [1.82, 2.24) is 10.3 Å². The summed E-state index contributed by atoms with van der Waals surface area (Å²) in [7, 11) is 0. The van der Waals surface area contributed by atoms with Crippen molar-refractivity contribution in [2.45, 2.75) is 6.92 Å². The lowest BCUT2D eigenvalue weighted by Crippen LogP contribution is -2.48. The number of rotatable bonds is 1. The molecule has 1 fully saturated rings. The predicted octanol–water partition coefficient (Wildman–Crippen LogP) is 0.326. The van der Waals surface area contributed by atoms with Gasteiger partial charge in [-0.1, -0.05) is 0 Å². The second kappa shape index (κ2) is 3.75. The minimum absolute atomic E-state index is 0.130. The number of carbonyl (C=O) groups is 1. The van der Waals surface area contributed by atoms with Crippen LogP contribution in [0.15, 0.2) is 18.5 Å². The average molecular weight is 191 g/mol. The molecule has 4 heteroatoms. The molecule has 1 aliphatic rings. The van der Waals surface area contributed by atoms with Crippen LogP contribution in [-0.2, 0) is 4.79 Å². The van der Waals surface area contributed by atoms with E-state index < -0.39 is 0 Å². The van der Waals surface area contributed by atoms with Crippen molar-refractivity contribution in [3.8, 4) is 0 Å². The molecule has 1 saturated heterocycles. The number of piperazine rings is 1. The minimum atomic E-state index is 0.130. The molecule has 1 amide bonds. The van der Waals surface area contributed by atoms with Gasteiger partial charge >= 0.3 is 0 Å². The first-order chi connectivity index (χ1) is 6.79. The average Bonchev–Trinajstić information content (AvgIpc) is 2.20. The molecule has 1 aromatic heterocycles. The molecule has 74 valence electrons. The highest BCUT2D eigenvalue weighted by molar-refractivity contribution is 5.96. The maximum absolute atomic E-state index is 11.6. The number of carbonyl (C=O) groups excluding carboxylic acids is 1. The van der Waals surface area contributed by atoms with Gasteiger partial charge < -0.3 is 10.2 Å². The van der Waals surface area contributed by atoms with Crippen molar-refractivity contribution in [3.05, 3.63) is 24.0 Å². The van der Waals surface area contributed by atoms with Crippen LogP contribution in [0.1, 0.15) is 5.56 Å². The van der Waals surface area contributed by atoms with Crippen LogP contribution >= 0.6 is 0 Å². The Labute approximate surface area is 82.9 Å². The number of amides is 1. The molecule has 14 heavy (non-hydrogen) atoms. The zero-order chi connectivity index (χ0) is 9.97. The van der Waals surface area contributed by atoms with Crippen LogP contribution in [0.3, 0.4) is 0 Å². The zero-order valence-electron chi connectivity index (χ0n) is 8.16. The van der Waals surface area contributed by atoms with Gasteiger partial charge in [0.15, 0.2) is 0 Å². The van der Waals surface area contributed by atoms with E-state index in [1.807, 2.05) is 17.9 Å². The van der Waals surface area contributed by atoms with Gasteiger partial charge in [-0.05, 0) is 18.6 Å². The molecule has 0 bridgehead atoms. The molecule has 0 unspecified atom stereocenters. The van der Waals surface area contributed by atoms with E-state index in [9.17, 15) is 4.79 Å². The molecule has 2 heterocycles. The molecule has 0 radical (unpaired) electrons. The maximum atomic E-state index is 11.6. The summed E-state index contributed by atoms with van der Waals surface area (Å²) in [5.41, 5.74) is 2.02. The standard InChI is InChI=1S/C10H13N3O/c1-8-6-11-3-2-9(8)13-5-4-12-7-10(13)14/h2-3,6,12H,4-5,7H2,1H3. The first-order valence-corrected chi connectivity index (χ1v) is 4.71. The summed E-state index contributed by atoms with van der Waals surface area (Å²) in [5, 5.41) is 3.05. The maximum Gasteiger partial charge on any atom is 0.240 e. The molecule has 2 rings (SSSR count). The Hall–Kier alpha value is -1.42. The third-order valence-electron chi connectivity index (χ3n) is 2.37. The van der Waals surface area contributed by atoms with E-state index in [4.69, 9.17) is 0 Å². The van der Waals surface area contributed by atoms with E-state index in [2.05, 4.69) is 10.3 Å². The fourth-order valence-electron chi connectivity index (χ4n) is 1.63. The van der Waals surface area contributed by atoms with Crippen LogP contribution in [0, 0.1) is 6.92 Å². The Balaban J connectivity index is 2.29. The summed E-state index contributed by atoms with van der Waals surface area (Å²) >= 11 is 0. The SMILES string of the molecule is Cc1cnccc1N1CCNCC1=O. The predicted molar refractivity (Wildman–Crippen MR) is 54.2 cm³/mol. The minimum Gasteiger partial charge on any atom is -0.310 e. The van der Waals surface area contributed by atoms with Gasteiger partial charge in [-0.25, -0.2) is 0 Å². The van der Waals surface area contributed by atoms with Gasteiger partial charge in [-0.3, -0.25) is 9.78 Å². The monoisotopic (exact) mass is 191 g/mol. The Morgan fingerprint density at radius 3 is 3.14 bits per heavy atom. The topological polar surface area (TPSA) is 45.2 Å². The lowest BCUT2D eigenvalue weighted by atomic mass is 10.2. The number of nitrogens with zero attached hydrogens (tertiary/aromatic N) is 2. The van der Waals surface area contributed by atoms with Crippen LogP contribution in [0.5, 0.6) is 0 Å². The quantitative estimate of drug-likeness (QED) is 0.695. The number of aromatic nitrogens is 1.